The summed E-state index contributed by atoms with van der Waals surface area (Å²) in [5, 5.41) is 3.61. The van der Waals surface area contributed by atoms with Crippen LogP contribution in [0.3, 0.4) is 0 Å². The van der Waals surface area contributed by atoms with Crippen LogP contribution in [0.2, 0.25) is 10.0 Å². The maximum absolute atomic E-state index is 14.1. The number of nitrogens with zero attached hydrogens (tertiary/aromatic N) is 2. The molecule has 3 aromatic rings. The fourth-order valence-electron chi connectivity index (χ4n) is 4.41. The van der Waals surface area contributed by atoms with Crippen molar-refractivity contribution in [3.8, 4) is 0 Å². The second-order valence-electron chi connectivity index (χ2n) is 9.68. The zero-order valence-electron chi connectivity index (χ0n) is 23.6. The molecule has 7 nitrogen and oxygen atoms in total. The second kappa shape index (κ2) is 15.2. The lowest BCUT2D eigenvalue weighted by molar-refractivity contribution is -0.140. The van der Waals surface area contributed by atoms with Crippen molar-refractivity contribution in [2.45, 2.75) is 63.9 Å². The lowest BCUT2D eigenvalue weighted by atomic mass is 10.1. The van der Waals surface area contributed by atoms with E-state index >= 15 is 0 Å². The number of amides is 2. The van der Waals surface area contributed by atoms with E-state index in [0.29, 0.717) is 34.3 Å². The number of hydrogen-bond acceptors (Lipinski definition) is 4. The molecule has 0 aliphatic carbocycles. The van der Waals surface area contributed by atoms with Crippen LogP contribution in [-0.2, 0) is 32.6 Å². The topological polar surface area (TPSA) is 86.8 Å². The number of carbonyl (C=O) groups excluding carboxylic acids is 2. The summed E-state index contributed by atoms with van der Waals surface area (Å²) in [5.41, 5.74) is 2.06. The minimum absolute atomic E-state index is 0.0451. The highest BCUT2D eigenvalue weighted by Gasteiger charge is 2.33. The van der Waals surface area contributed by atoms with Crippen molar-refractivity contribution in [3.05, 3.63) is 94.0 Å². The summed E-state index contributed by atoms with van der Waals surface area (Å²) in [6.45, 7) is 5.89. The van der Waals surface area contributed by atoms with Crippen LogP contribution in [-0.4, -0.2) is 44.3 Å². The third kappa shape index (κ3) is 8.47. The summed E-state index contributed by atoms with van der Waals surface area (Å²) in [6.07, 6.45) is 2.83. The van der Waals surface area contributed by atoms with Crippen molar-refractivity contribution < 1.29 is 18.0 Å². The Labute approximate surface area is 253 Å². The zero-order chi connectivity index (χ0) is 30.0. The van der Waals surface area contributed by atoms with Gasteiger partial charge in [0.15, 0.2) is 0 Å². The summed E-state index contributed by atoms with van der Waals surface area (Å²) >= 11 is 12.4. The molecule has 3 aromatic carbocycles. The van der Waals surface area contributed by atoms with Gasteiger partial charge in [0, 0.05) is 13.1 Å². The maximum Gasteiger partial charge on any atom is 0.264 e. The molecule has 1 atom stereocenters. The fourth-order valence-corrected chi connectivity index (χ4v) is 6.16. The number of aryl methyl sites for hydroxylation is 1. The highest BCUT2D eigenvalue weighted by Crippen LogP contribution is 2.27. The molecule has 0 saturated carbocycles. The van der Waals surface area contributed by atoms with Crippen molar-refractivity contribution in [2.75, 3.05) is 17.4 Å². The van der Waals surface area contributed by atoms with Gasteiger partial charge in [-0.15, -0.1) is 0 Å². The predicted octanol–water partition coefficient (Wildman–Crippen LogP) is 6.47. The Bertz CT molecular complexity index is 1420. The van der Waals surface area contributed by atoms with Gasteiger partial charge < -0.3 is 10.2 Å². The van der Waals surface area contributed by atoms with Crippen LogP contribution >= 0.6 is 23.2 Å². The Kier molecular flexibility index (Phi) is 12.1. The highest BCUT2D eigenvalue weighted by atomic mass is 35.5. The number of unbranched alkanes of at least 4 members (excludes halogenated alkanes) is 1. The molecule has 41 heavy (non-hydrogen) atoms. The molecular formula is C31H37Cl2N3O4S. The number of benzene rings is 3. The summed E-state index contributed by atoms with van der Waals surface area (Å²) in [5.74, 6) is -0.813. The number of anilines is 1. The minimum atomic E-state index is -4.11. The van der Waals surface area contributed by atoms with Crippen molar-refractivity contribution in [1.82, 2.24) is 10.2 Å². The van der Waals surface area contributed by atoms with Gasteiger partial charge in [-0.05, 0) is 66.8 Å². The Morgan fingerprint density at radius 1 is 0.878 bits per heavy atom. The van der Waals surface area contributed by atoms with E-state index in [9.17, 15) is 18.0 Å². The molecule has 0 saturated heterocycles. The maximum atomic E-state index is 14.1. The van der Waals surface area contributed by atoms with Crippen molar-refractivity contribution >= 4 is 50.7 Å². The molecule has 0 radical (unpaired) electrons. The molecule has 10 heteroatoms. The molecule has 0 spiro atoms. The first kappa shape index (κ1) is 32.4. The van der Waals surface area contributed by atoms with Crippen LogP contribution in [0.4, 0.5) is 5.69 Å². The molecule has 0 aromatic heterocycles. The molecule has 1 N–H and O–H groups in total. The molecule has 3 rings (SSSR count). The van der Waals surface area contributed by atoms with Gasteiger partial charge in [0.25, 0.3) is 10.0 Å². The average molecular weight is 619 g/mol. The van der Waals surface area contributed by atoms with E-state index in [-0.39, 0.29) is 17.3 Å². The fraction of sp³-hybridized carbons (Fsp3) is 0.355. The van der Waals surface area contributed by atoms with Gasteiger partial charge in [-0.2, -0.15) is 0 Å². The van der Waals surface area contributed by atoms with Gasteiger partial charge >= 0.3 is 0 Å². The first-order valence-corrected chi connectivity index (χ1v) is 16.0. The van der Waals surface area contributed by atoms with Gasteiger partial charge in [-0.3, -0.25) is 13.9 Å². The van der Waals surface area contributed by atoms with Gasteiger partial charge in [-0.1, -0.05) is 86.8 Å². The van der Waals surface area contributed by atoms with Crippen molar-refractivity contribution in [2.24, 2.45) is 0 Å². The standard InChI is InChI=1S/C31H37Cl2N3O4S/c1-4-7-19-34-31(38)29(6-3)35(21-24-15-18-27(32)28(33)20-24)30(37)22-36(25-16-13-23(5-2)14-17-25)41(39,40)26-11-9-8-10-12-26/h8-18,20,29H,4-7,19,21-22H2,1-3H3,(H,34,38)/t29-/m1/s1. The number of rotatable bonds is 14. The summed E-state index contributed by atoms with van der Waals surface area (Å²) in [7, 11) is -4.11. The molecule has 0 unspecified atom stereocenters. The number of hydrogen-bond donors (Lipinski definition) is 1. The first-order chi connectivity index (χ1) is 19.6. The van der Waals surface area contributed by atoms with Crippen LogP contribution in [0.15, 0.2) is 77.7 Å². The summed E-state index contributed by atoms with van der Waals surface area (Å²) in [4.78, 5) is 28.9. The van der Waals surface area contributed by atoms with E-state index in [1.165, 1.54) is 17.0 Å². The predicted molar refractivity (Wildman–Crippen MR) is 166 cm³/mol. The second-order valence-corrected chi connectivity index (χ2v) is 12.4. The van der Waals surface area contributed by atoms with E-state index in [0.717, 1.165) is 29.1 Å². The smallest absolute Gasteiger partial charge is 0.264 e. The molecule has 0 bridgehead atoms. The van der Waals surface area contributed by atoms with Crippen LogP contribution in [0, 0.1) is 0 Å². The summed E-state index contributed by atoms with van der Waals surface area (Å²) < 4.78 is 28.9. The minimum Gasteiger partial charge on any atom is -0.354 e. The SMILES string of the molecule is CCCCNC(=O)[C@@H](CC)N(Cc1ccc(Cl)c(Cl)c1)C(=O)CN(c1ccc(CC)cc1)S(=O)(=O)c1ccccc1. The Balaban J connectivity index is 2.04. The van der Waals surface area contributed by atoms with Gasteiger partial charge in [0.1, 0.15) is 12.6 Å². The third-order valence-corrected chi connectivity index (χ3v) is 9.32. The molecule has 220 valence electrons. The lowest BCUT2D eigenvalue weighted by Gasteiger charge is -2.33. The highest BCUT2D eigenvalue weighted by molar-refractivity contribution is 7.92. The molecular weight excluding hydrogens is 581 g/mol. The number of halogens is 2. The van der Waals surface area contributed by atoms with Gasteiger partial charge in [-0.25, -0.2) is 8.42 Å². The molecule has 2 amide bonds. The van der Waals surface area contributed by atoms with Crippen LogP contribution in [0.5, 0.6) is 0 Å². The largest absolute Gasteiger partial charge is 0.354 e. The third-order valence-electron chi connectivity index (χ3n) is 6.80. The van der Waals surface area contributed by atoms with E-state index in [4.69, 9.17) is 23.2 Å². The number of nitrogens with one attached hydrogen (secondary N) is 1. The van der Waals surface area contributed by atoms with Crippen LogP contribution in [0.25, 0.3) is 0 Å². The zero-order valence-corrected chi connectivity index (χ0v) is 26.0. The van der Waals surface area contributed by atoms with Crippen molar-refractivity contribution in [1.29, 1.82) is 0 Å². The van der Waals surface area contributed by atoms with Gasteiger partial charge in [0.2, 0.25) is 11.8 Å². The average Bonchev–Trinajstić information content (AvgIpc) is 2.98. The first-order valence-electron chi connectivity index (χ1n) is 13.8. The van der Waals surface area contributed by atoms with E-state index < -0.39 is 28.5 Å². The van der Waals surface area contributed by atoms with Crippen molar-refractivity contribution in [3.63, 3.8) is 0 Å². The van der Waals surface area contributed by atoms with Crippen LogP contribution in [0.1, 0.15) is 51.2 Å². The molecule has 0 heterocycles. The van der Waals surface area contributed by atoms with E-state index in [1.54, 1.807) is 48.5 Å². The van der Waals surface area contributed by atoms with Gasteiger partial charge in [0.05, 0.1) is 20.6 Å². The Hall–Kier alpha value is -3.07. The number of sulfonamides is 1. The monoisotopic (exact) mass is 617 g/mol. The molecule has 0 aliphatic heterocycles. The molecule has 0 aliphatic rings. The van der Waals surface area contributed by atoms with E-state index in [2.05, 4.69) is 5.32 Å². The Morgan fingerprint density at radius 3 is 2.12 bits per heavy atom. The summed E-state index contributed by atoms with van der Waals surface area (Å²) in [6, 6.07) is 19.3. The Morgan fingerprint density at radius 2 is 1.54 bits per heavy atom. The lowest BCUT2D eigenvalue weighted by Crippen LogP contribution is -2.52. The number of carbonyl (C=O) groups is 2. The van der Waals surface area contributed by atoms with E-state index in [1.807, 2.05) is 32.9 Å². The normalized spacial score (nSPS) is 12.0. The quantitative estimate of drug-likeness (QED) is 0.210. The molecule has 0 fully saturated rings. The van der Waals surface area contributed by atoms with Crippen LogP contribution < -0.4 is 9.62 Å².